The molecule has 1 aromatic heterocycles. The Morgan fingerprint density at radius 3 is 2.80 bits per heavy atom. The van der Waals surface area contributed by atoms with Gasteiger partial charge in [-0.15, -0.1) is 0 Å². The maximum Gasteiger partial charge on any atom is 0.307 e. The summed E-state index contributed by atoms with van der Waals surface area (Å²) in [6.07, 6.45) is 2.09. The highest BCUT2D eigenvalue weighted by molar-refractivity contribution is 5.93. The Morgan fingerprint density at radius 1 is 1.30 bits per heavy atom. The molecular formula is C15H18N2O3. The fourth-order valence-electron chi connectivity index (χ4n) is 2.04. The maximum atomic E-state index is 11.2. The summed E-state index contributed by atoms with van der Waals surface area (Å²) in [7, 11) is 4.95. The van der Waals surface area contributed by atoms with Crippen LogP contribution < -0.4 is 9.64 Å². The molecule has 0 saturated heterocycles. The van der Waals surface area contributed by atoms with Crippen molar-refractivity contribution in [2.45, 2.75) is 6.42 Å². The summed E-state index contributed by atoms with van der Waals surface area (Å²) in [5.41, 5.74) is 0. The van der Waals surface area contributed by atoms with E-state index < -0.39 is 0 Å². The average molecular weight is 274 g/mol. The van der Waals surface area contributed by atoms with Crippen molar-refractivity contribution in [3.05, 3.63) is 30.5 Å². The second-order valence-electron chi connectivity index (χ2n) is 4.47. The number of hydrogen-bond acceptors (Lipinski definition) is 5. The first-order chi connectivity index (χ1) is 9.65. The summed E-state index contributed by atoms with van der Waals surface area (Å²) >= 11 is 0. The minimum Gasteiger partial charge on any atom is -0.497 e. The Morgan fingerprint density at radius 2 is 2.10 bits per heavy atom. The first-order valence-electron chi connectivity index (χ1n) is 6.36. The molecule has 106 valence electrons. The Kier molecular flexibility index (Phi) is 4.40. The lowest BCUT2D eigenvalue weighted by molar-refractivity contribution is -0.140. The molecule has 0 amide bonds. The van der Waals surface area contributed by atoms with E-state index in [1.165, 1.54) is 7.11 Å². The van der Waals surface area contributed by atoms with E-state index >= 15 is 0 Å². The number of ether oxygens (including phenoxy) is 2. The van der Waals surface area contributed by atoms with Gasteiger partial charge in [-0.2, -0.15) is 0 Å². The number of pyridine rings is 1. The number of aromatic nitrogens is 1. The third-order valence-corrected chi connectivity index (χ3v) is 3.19. The second kappa shape index (κ2) is 6.23. The molecule has 0 aliphatic heterocycles. The summed E-state index contributed by atoms with van der Waals surface area (Å²) in [6.45, 7) is 0.560. The van der Waals surface area contributed by atoms with E-state index in [1.807, 2.05) is 36.2 Å². The zero-order valence-corrected chi connectivity index (χ0v) is 11.9. The molecule has 0 saturated carbocycles. The lowest BCUT2D eigenvalue weighted by atomic mass is 10.1. The van der Waals surface area contributed by atoms with Crippen LogP contribution >= 0.6 is 0 Å². The summed E-state index contributed by atoms with van der Waals surface area (Å²) in [6, 6.07) is 7.79. The first-order valence-corrected chi connectivity index (χ1v) is 6.36. The van der Waals surface area contributed by atoms with Crippen LogP contribution in [0.25, 0.3) is 10.8 Å². The van der Waals surface area contributed by atoms with Crippen LogP contribution in [0.3, 0.4) is 0 Å². The molecule has 1 heterocycles. The normalized spacial score (nSPS) is 10.3. The van der Waals surface area contributed by atoms with Crippen LogP contribution in [0.4, 0.5) is 5.82 Å². The van der Waals surface area contributed by atoms with Gasteiger partial charge in [0.25, 0.3) is 0 Å². The van der Waals surface area contributed by atoms with Crippen LogP contribution in [0, 0.1) is 0 Å². The Hall–Kier alpha value is -2.30. The van der Waals surface area contributed by atoms with Crippen molar-refractivity contribution in [3.8, 4) is 5.75 Å². The van der Waals surface area contributed by atoms with Crippen molar-refractivity contribution < 1.29 is 14.3 Å². The number of nitrogens with zero attached hydrogens (tertiary/aromatic N) is 2. The molecule has 20 heavy (non-hydrogen) atoms. The summed E-state index contributed by atoms with van der Waals surface area (Å²) in [4.78, 5) is 17.6. The Bertz CT molecular complexity index is 613. The number of carbonyl (C=O) groups is 1. The highest BCUT2D eigenvalue weighted by atomic mass is 16.5. The van der Waals surface area contributed by atoms with Crippen molar-refractivity contribution in [2.24, 2.45) is 0 Å². The number of carbonyl (C=O) groups excluding carboxylic acids is 1. The zero-order valence-electron chi connectivity index (χ0n) is 11.9. The van der Waals surface area contributed by atoms with Gasteiger partial charge in [-0.05, 0) is 29.7 Å². The number of hydrogen-bond donors (Lipinski definition) is 0. The van der Waals surface area contributed by atoms with Gasteiger partial charge in [0.1, 0.15) is 11.6 Å². The fourth-order valence-corrected chi connectivity index (χ4v) is 2.04. The molecule has 0 fully saturated rings. The number of benzene rings is 1. The van der Waals surface area contributed by atoms with Crippen LogP contribution in [0.15, 0.2) is 30.5 Å². The van der Waals surface area contributed by atoms with E-state index in [9.17, 15) is 4.79 Å². The fraction of sp³-hybridized carbons (Fsp3) is 0.333. The van der Waals surface area contributed by atoms with Crippen molar-refractivity contribution in [2.75, 3.05) is 32.7 Å². The van der Waals surface area contributed by atoms with Crippen LogP contribution in [-0.2, 0) is 9.53 Å². The Balaban J connectivity index is 2.27. The van der Waals surface area contributed by atoms with Crippen molar-refractivity contribution >= 4 is 22.6 Å². The van der Waals surface area contributed by atoms with Gasteiger partial charge in [0.15, 0.2) is 0 Å². The molecule has 0 spiro atoms. The largest absolute Gasteiger partial charge is 0.497 e. The van der Waals surface area contributed by atoms with Gasteiger partial charge < -0.3 is 14.4 Å². The number of fused-ring (bicyclic) bond motifs is 1. The van der Waals surface area contributed by atoms with Crippen molar-refractivity contribution in [1.82, 2.24) is 4.98 Å². The topological polar surface area (TPSA) is 51.7 Å². The number of rotatable bonds is 5. The predicted octanol–water partition coefficient (Wildman–Crippen LogP) is 2.24. The maximum absolute atomic E-state index is 11.2. The SMILES string of the molecule is COC(=O)CCN(C)c1nccc2cc(OC)ccc12. The molecule has 0 aliphatic rings. The minimum atomic E-state index is -0.223. The standard InChI is InChI=1S/C15H18N2O3/c1-17(9-7-14(18)20-3)15-13-5-4-12(19-2)10-11(13)6-8-16-15/h4-6,8,10H,7,9H2,1-3H3. The molecule has 0 atom stereocenters. The average Bonchev–Trinajstić information content (AvgIpc) is 2.50. The predicted molar refractivity (Wildman–Crippen MR) is 78.2 cm³/mol. The first kappa shape index (κ1) is 14.1. The number of esters is 1. The summed E-state index contributed by atoms with van der Waals surface area (Å²) in [5, 5.41) is 2.08. The Labute approximate surface area is 118 Å². The third kappa shape index (κ3) is 2.99. The van der Waals surface area contributed by atoms with Gasteiger partial charge in [0, 0.05) is 25.2 Å². The van der Waals surface area contributed by atoms with Gasteiger partial charge in [0.05, 0.1) is 20.6 Å². The molecule has 5 heteroatoms. The van der Waals surface area contributed by atoms with Gasteiger partial charge >= 0.3 is 5.97 Å². The second-order valence-corrected chi connectivity index (χ2v) is 4.47. The van der Waals surface area contributed by atoms with Crippen LogP contribution in [0.1, 0.15) is 6.42 Å². The number of anilines is 1. The van der Waals surface area contributed by atoms with E-state index in [0.29, 0.717) is 13.0 Å². The lowest BCUT2D eigenvalue weighted by Gasteiger charge is -2.19. The molecule has 0 bridgehead atoms. The highest BCUT2D eigenvalue weighted by Crippen LogP contribution is 2.27. The van der Waals surface area contributed by atoms with E-state index in [1.54, 1.807) is 13.3 Å². The highest BCUT2D eigenvalue weighted by Gasteiger charge is 2.10. The van der Waals surface area contributed by atoms with Crippen molar-refractivity contribution in [3.63, 3.8) is 0 Å². The monoisotopic (exact) mass is 274 g/mol. The quantitative estimate of drug-likeness (QED) is 0.783. The smallest absolute Gasteiger partial charge is 0.307 e. The molecule has 2 aromatic rings. The molecular weight excluding hydrogens is 256 g/mol. The van der Waals surface area contributed by atoms with E-state index in [4.69, 9.17) is 4.74 Å². The minimum absolute atomic E-state index is 0.223. The number of methoxy groups -OCH3 is 2. The van der Waals surface area contributed by atoms with Crippen LogP contribution in [-0.4, -0.2) is 38.8 Å². The van der Waals surface area contributed by atoms with Crippen LogP contribution in [0.2, 0.25) is 0 Å². The van der Waals surface area contributed by atoms with Gasteiger partial charge in [-0.25, -0.2) is 4.98 Å². The summed E-state index contributed by atoms with van der Waals surface area (Å²) < 4.78 is 9.87. The summed E-state index contributed by atoms with van der Waals surface area (Å²) in [5.74, 6) is 1.43. The van der Waals surface area contributed by atoms with Gasteiger partial charge in [0.2, 0.25) is 0 Å². The van der Waals surface area contributed by atoms with Gasteiger partial charge in [-0.3, -0.25) is 4.79 Å². The van der Waals surface area contributed by atoms with E-state index in [-0.39, 0.29) is 5.97 Å². The molecule has 1 aromatic carbocycles. The molecule has 0 unspecified atom stereocenters. The zero-order chi connectivity index (χ0) is 14.5. The molecule has 0 aliphatic carbocycles. The van der Waals surface area contributed by atoms with Gasteiger partial charge in [-0.1, -0.05) is 0 Å². The lowest BCUT2D eigenvalue weighted by Crippen LogP contribution is -2.22. The molecule has 0 N–H and O–H groups in total. The third-order valence-electron chi connectivity index (χ3n) is 3.19. The van der Waals surface area contributed by atoms with Crippen LogP contribution in [0.5, 0.6) is 5.75 Å². The van der Waals surface area contributed by atoms with E-state index in [0.717, 1.165) is 22.3 Å². The van der Waals surface area contributed by atoms with Crippen molar-refractivity contribution in [1.29, 1.82) is 0 Å². The molecule has 5 nitrogen and oxygen atoms in total. The molecule has 0 radical (unpaired) electrons. The molecule has 2 rings (SSSR count). The van der Waals surface area contributed by atoms with E-state index in [2.05, 4.69) is 9.72 Å².